The summed E-state index contributed by atoms with van der Waals surface area (Å²) in [5.74, 6) is 0.417. The van der Waals surface area contributed by atoms with E-state index in [0.29, 0.717) is 25.5 Å². The molecule has 1 aromatic heterocycles. The Balaban J connectivity index is 1.94. The van der Waals surface area contributed by atoms with Gasteiger partial charge >= 0.3 is 0 Å². The van der Waals surface area contributed by atoms with Crippen LogP contribution in [0.25, 0.3) is 0 Å². The Morgan fingerprint density at radius 2 is 2.44 bits per heavy atom. The number of nitrogen functional groups attached to an aromatic ring is 1. The van der Waals surface area contributed by atoms with E-state index in [4.69, 9.17) is 15.7 Å². The smallest absolute Gasteiger partial charge is 0.156 e. The van der Waals surface area contributed by atoms with E-state index in [1.165, 1.54) is 6.20 Å². The van der Waals surface area contributed by atoms with Crippen LogP contribution in [-0.4, -0.2) is 40.7 Å². The maximum atomic E-state index is 8.77. The van der Waals surface area contributed by atoms with Crippen molar-refractivity contribution in [2.24, 2.45) is 0 Å². The van der Waals surface area contributed by atoms with E-state index < -0.39 is 0 Å². The van der Waals surface area contributed by atoms with Gasteiger partial charge in [-0.25, -0.2) is 4.98 Å². The molecule has 1 atom stereocenters. The van der Waals surface area contributed by atoms with Crippen molar-refractivity contribution in [3.63, 3.8) is 0 Å². The molecular formula is C10H13N5O. The average molecular weight is 219 g/mol. The van der Waals surface area contributed by atoms with Gasteiger partial charge in [0.25, 0.3) is 0 Å². The van der Waals surface area contributed by atoms with Crippen LogP contribution in [0.1, 0.15) is 5.69 Å². The Morgan fingerprint density at radius 3 is 3.12 bits per heavy atom. The van der Waals surface area contributed by atoms with E-state index in [1.54, 1.807) is 6.20 Å². The van der Waals surface area contributed by atoms with Crippen LogP contribution in [0.3, 0.4) is 0 Å². The van der Waals surface area contributed by atoms with Gasteiger partial charge in [0, 0.05) is 19.6 Å². The molecule has 1 aliphatic rings. The van der Waals surface area contributed by atoms with Crippen molar-refractivity contribution in [1.82, 2.24) is 14.9 Å². The first-order valence-electron chi connectivity index (χ1n) is 5.08. The normalized spacial score (nSPS) is 21.6. The zero-order chi connectivity index (χ0) is 11.4. The summed E-state index contributed by atoms with van der Waals surface area (Å²) in [6.07, 6.45) is 2.86. The fraction of sp³-hybridized carbons (Fsp3) is 0.500. The van der Waals surface area contributed by atoms with Gasteiger partial charge in [0.1, 0.15) is 5.82 Å². The fourth-order valence-electron chi connectivity index (χ4n) is 1.60. The van der Waals surface area contributed by atoms with E-state index in [2.05, 4.69) is 20.9 Å². The summed E-state index contributed by atoms with van der Waals surface area (Å²) in [7, 11) is 0. The maximum absolute atomic E-state index is 8.77. The van der Waals surface area contributed by atoms with Gasteiger partial charge in [0.2, 0.25) is 0 Å². The topological polar surface area (TPSA) is 88.1 Å². The molecule has 0 spiro atoms. The third-order valence-electron chi connectivity index (χ3n) is 2.41. The van der Waals surface area contributed by atoms with Crippen LogP contribution in [0.15, 0.2) is 12.4 Å². The van der Waals surface area contributed by atoms with Crippen LogP contribution in [0.4, 0.5) is 5.82 Å². The molecule has 1 aliphatic heterocycles. The second kappa shape index (κ2) is 4.88. The van der Waals surface area contributed by atoms with Crippen LogP contribution in [-0.2, 0) is 11.3 Å². The lowest BCUT2D eigenvalue weighted by Gasteiger charge is -2.29. The number of aromatic nitrogens is 2. The number of ether oxygens (including phenoxy) is 1. The van der Waals surface area contributed by atoms with Gasteiger partial charge in [-0.2, -0.15) is 5.26 Å². The first kappa shape index (κ1) is 10.8. The largest absolute Gasteiger partial charge is 0.382 e. The molecule has 0 amide bonds. The van der Waals surface area contributed by atoms with Gasteiger partial charge in [-0.15, -0.1) is 0 Å². The lowest BCUT2D eigenvalue weighted by atomic mass is 10.3. The van der Waals surface area contributed by atoms with Crippen LogP contribution in [0, 0.1) is 11.3 Å². The van der Waals surface area contributed by atoms with Crippen LogP contribution in [0.2, 0.25) is 0 Å². The molecule has 0 radical (unpaired) electrons. The zero-order valence-corrected chi connectivity index (χ0v) is 8.83. The minimum atomic E-state index is -0.338. The molecule has 2 rings (SSSR count). The van der Waals surface area contributed by atoms with E-state index in [-0.39, 0.29) is 6.10 Å². The minimum absolute atomic E-state index is 0.338. The van der Waals surface area contributed by atoms with Crippen molar-refractivity contribution < 1.29 is 4.74 Å². The molecule has 1 saturated heterocycles. The Kier molecular flexibility index (Phi) is 3.29. The molecule has 2 N–H and O–H groups in total. The third-order valence-corrected chi connectivity index (χ3v) is 2.41. The van der Waals surface area contributed by atoms with E-state index in [9.17, 15) is 0 Å². The number of morpholine rings is 1. The van der Waals surface area contributed by atoms with Crippen molar-refractivity contribution >= 4 is 5.82 Å². The number of rotatable bonds is 2. The zero-order valence-electron chi connectivity index (χ0n) is 8.83. The second-order valence-corrected chi connectivity index (χ2v) is 3.66. The molecule has 2 heterocycles. The number of hydrogen-bond donors (Lipinski definition) is 1. The number of nitrogens with two attached hydrogens (primary N) is 1. The van der Waals surface area contributed by atoms with Crippen molar-refractivity contribution in [2.45, 2.75) is 12.6 Å². The molecular weight excluding hydrogens is 206 g/mol. The van der Waals surface area contributed by atoms with Crippen molar-refractivity contribution in [2.75, 3.05) is 25.4 Å². The molecule has 6 heteroatoms. The first-order valence-corrected chi connectivity index (χ1v) is 5.08. The maximum Gasteiger partial charge on any atom is 0.156 e. The van der Waals surface area contributed by atoms with Crippen LogP contribution >= 0.6 is 0 Å². The summed E-state index contributed by atoms with van der Waals surface area (Å²) in [4.78, 5) is 10.3. The molecule has 1 aromatic rings. The van der Waals surface area contributed by atoms with Crippen LogP contribution < -0.4 is 5.73 Å². The molecule has 0 saturated carbocycles. The third kappa shape index (κ3) is 2.66. The summed E-state index contributed by atoms with van der Waals surface area (Å²) in [5.41, 5.74) is 6.31. The number of nitrogens with zero attached hydrogens (tertiary/aromatic N) is 4. The molecule has 1 unspecified atom stereocenters. The van der Waals surface area contributed by atoms with Gasteiger partial charge < -0.3 is 10.5 Å². The Morgan fingerprint density at radius 1 is 1.56 bits per heavy atom. The molecule has 1 fully saturated rings. The summed E-state index contributed by atoms with van der Waals surface area (Å²) in [6.45, 7) is 2.68. The van der Waals surface area contributed by atoms with E-state index in [1.807, 2.05) is 0 Å². The molecule has 6 nitrogen and oxygen atoms in total. The molecule has 0 aromatic carbocycles. The SMILES string of the molecule is N#CC1CN(Cc2cnc(N)cn2)CCO1. The quantitative estimate of drug-likeness (QED) is 0.740. The van der Waals surface area contributed by atoms with E-state index in [0.717, 1.165) is 12.2 Å². The predicted octanol–water partition coefficient (Wildman–Crippen LogP) is -0.217. The summed E-state index contributed by atoms with van der Waals surface area (Å²) in [6, 6.07) is 2.11. The highest BCUT2D eigenvalue weighted by Gasteiger charge is 2.20. The summed E-state index contributed by atoms with van der Waals surface area (Å²) in [5, 5.41) is 8.77. The lowest BCUT2D eigenvalue weighted by molar-refractivity contribution is -0.00315. The first-order chi connectivity index (χ1) is 7.78. The highest BCUT2D eigenvalue weighted by atomic mass is 16.5. The van der Waals surface area contributed by atoms with Gasteiger partial charge in [-0.05, 0) is 0 Å². The minimum Gasteiger partial charge on any atom is -0.382 e. The molecule has 0 aliphatic carbocycles. The predicted molar refractivity (Wildman–Crippen MR) is 57.1 cm³/mol. The molecule has 16 heavy (non-hydrogen) atoms. The number of hydrogen-bond acceptors (Lipinski definition) is 6. The molecule has 84 valence electrons. The lowest BCUT2D eigenvalue weighted by Crippen LogP contribution is -2.41. The van der Waals surface area contributed by atoms with Gasteiger partial charge in [-0.3, -0.25) is 9.88 Å². The van der Waals surface area contributed by atoms with E-state index >= 15 is 0 Å². The average Bonchev–Trinajstić information content (AvgIpc) is 2.32. The Hall–Kier alpha value is -1.71. The highest BCUT2D eigenvalue weighted by molar-refractivity contribution is 5.22. The summed E-state index contributed by atoms with van der Waals surface area (Å²) < 4.78 is 5.26. The highest BCUT2D eigenvalue weighted by Crippen LogP contribution is 2.08. The van der Waals surface area contributed by atoms with Gasteiger partial charge in [0.15, 0.2) is 6.10 Å². The second-order valence-electron chi connectivity index (χ2n) is 3.66. The fourth-order valence-corrected chi connectivity index (χ4v) is 1.60. The standard InChI is InChI=1S/C10H13N5O/c11-3-9-7-15(1-2-16-9)6-8-4-14-10(12)5-13-8/h4-5,9H,1-2,6-7H2,(H2,12,14). The number of anilines is 1. The molecule has 0 bridgehead atoms. The van der Waals surface area contributed by atoms with Crippen LogP contribution in [0.5, 0.6) is 0 Å². The Labute approximate surface area is 93.7 Å². The van der Waals surface area contributed by atoms with Crippen molar-refractivity contribution in [3.05, 3.63) is 18.1 Å². The van der Waals surface area contributed by atoms with Crippen molar-refractivity contribution in [3.8, 4) is 6.07 Å². The monoisotopic (exact) mass is 219 g/mol. The van der Waals surface area contributed by atoms with Crippen molar-refractivity contribution in [1.29, 1.82) is 5.26 Å². The van der Waals surface area contributed by atoms with Gasteiger partial charge in [0.05, 0.1) is 30.8 Å². The van der Waals surface area contributed by atoms with Gasteiger partial charge in [-0.1, -0.05) is 0 Å². The summed E-state index contributed by atoms with van der Waals surface area (Å²) >= 11 is 0. The number of nitriles is 1. The Bertz CT molecular complexity index is 385.